The number of halogens is 4. The molecular weight excluding hydrogens is 286 g/mol. The predicted octanol–water partition coefficient (Wildman–Crippen LogP) is 1.74. The number of aromatic nitrogens is 1. The summed E-state index contributed by atoms with van der Waals surface area (Å²) in [5.74, 6) is 0. The highest BCUT2D eigenvalue weighted by Crippen LogP contribution is 2.28. The smallest absolute Gasteiger partial charge is 0.422 e. The maximum absolute atomic E-state index is 12.0. The van der Waals surface area contributed by atoms with Crippen molar-refractivity contribution in [2.75, 3.05) is 0 Å². The zero-order chi connectivity index (χ0) is 9.35. The molecule has 6 heteroatoms. The van der Waals surface area contributed by atoms with Gasteiger partial charge in [-0.1, -0.05) is 0 Å². The molecule has 0 spiro atoms. The Labute approximate surface area is 79.7 Å². The van der Waals surface area contributed by atoms with Crippen LogP contribution in [-0.4, -0.2) is 0 Å². The number of nitrogens with zero attached hydrogens (tertiary/aromatic N) is 1. The van der Waals surface area contributed by atoms with E-state index in [2.05, 4.69) is 6.20 Å². The Morgan fingerprint density at radius 2 is 2.08 bits per heavy atom. The molecule has 0 unspecified atom stereocenters. The van der Waals surface area contributed by atoms with Gasteiger partial charge in [0.25, 0.3) is 0 Å². The normalized spacial score (nSPS) is 11.7. The first-order chi connectivity index (χ1) is 5.39. The van der Waals surface area contributed by atoms with Crippen LogP contribution in [0.5, 0.6) is 0 Å². The Morgan fingerprint density at radius 3 is 2.50 bits per heavy atom. The summed E-state index contributed by atoms with van der Waals surface area (Å²) in [5, 5.41) is 10.5. The van der Waals surface area contributed by atoms with Gasteiger partial charge in [-0.3, -0.25) is 0 Å². The van der Waals surface area contributed by atoms with E-state index in [4.69, 9.17) is 0 Å². The largest absolute Gasteiger partial charge is 0.618 e. The van der Waals surface area contributed by atoms with Crippen LogP contribution in [0.4, 0.5) is 13.2 Å². The lowest BCUT2D eigenvalue weighted by molar-refractivity contribution is -0.611. The first-order valence-corrected chi connectivity index (χ1v) is 3.87. The van der Waals surface area contributed by atoms with Crippen LogP contribution < -0.4 is 4.73 Å². The third-order valence-corrected chi connectivity index (χ3v) is 1.64. The van der Waals surface area contributed by atoms with Crippen molar-refractivity contribution in [3.63, 3.8) is 0 Å². The second-order valence-electron chi connectivity index (χ2n) is 2.01. The summed E-state index contributed by atoms with van der Waals surface area (Å²) in [5.41, 5.74) is -0.958. The molecule has 0 aliphatic rings. The van der Waals surface area contributed by atoms with Crippen LogP contribution in [0, 0.1) is 15.0 Å². The van der Waals surface area contributed by atoms with Gasteiger partial charge in [0.15, 0.2) is 6.20 Å². The molecule has 1 radical (unpaired) electrons. The SMILES string of the molecule is [O-][n+]1[c]c(I)cc(C(F)(F)F)c1. The van der Waals surface area contributed by atoms with Crippen molar-refractivity contribution in [2.45, 2.75) is 6.18 Å². The Balaban J connectivity index is 3.18. The predicted molar refractivity (Wildman–Crippen MR) is 42.0 cm³/mol. The molecule has 12 heavy (non-hydrogen) atoms. The van der Waals surface area contributed by atoms with Crippen molar-refractivity contribution >= 4 is 22.6 Å². The topological polar surface area (TPSA) is 26.9 Å². The Bertz CT molecular complexity index is 279. The van der Waals surface area contributed by atoms with Gasteiger partial charge in [-0.2, -0.15) is 17.9 Å². The molecule has 1 aromatic heterocycles. The summed E-state index contributed by atoms with van der Waals surface area (Å²) in [6.45, 7) is 0. The minimum atomic E-state index is -4.47. The third-order valence-electron chi connectivity index (χ3n) is 1.08. The third kappa shape index (κ3) is 2.23. The van der Waals surface area contributed by atoms with Gasteiger partial charge in [0.05, 0.1) is 3.57 Å². The summed E-state index contributed by atoms with van der Waals surface area (Å²) < 4.78 is 36.1. The van der Waals surface area contributed by atoms with E-state index in [0.717, 1.165) is 6.07 Å². The van der Waals surface area contributed by atoms with Crippen LogP contribution in [0.1, 0.15) is 5.56 Å². The molecular formula is C6H2F3INO. The fourth-order valence-electron chi connectivity index (χ4n) is 0.625. The van der Waals surface area contributed by atoms with E-state index >= 15 is 0 Å². The molecule has 0 bridgehead atoms. The second-order valence-corrected chi connectivity index (χ2v) is 3.17. The molecule has 1 aromatic rings. The highest BCUT2D eigenvalue weighted by atomic mass is 127. The first-order valence-electron chi connectivity index (χ1n) is 2.79. The highest BCUT2D eigenvalue weighted by molar-refractivity contribution is 14.1. The van der Waals surface area contributed by atoms with Gasteiger partial charge in [-0.05, 0) is 28.7 Å². The molecule has 0 fully saturated rings. The van der Waals surface area contributed by atoms with E-state index in [9.17, 15) is 18.4 Å². The van der Waals surface area contributed by atoms with Gasteiger partial charge in [-0.15, -0.1) is 0 Å². The van der Waals surface area contributed by atoms with E-state index in [1.54, 1.807) is 22.6 Å². The van der Waals surface area contributed by atoms with Crippen LogP contribution in [0.2, 0.25) is 0 Å². The standard InChI is InChI=1S/C6H2F3INO/c7-6(8,9)4-1-5(10)3-11(12)2-4/h1-2H. The molecule has 0 amide bonds. The van der Waals surface area contributed by atoms with E-state index in [1.165, 1.54) is 0 Å². The monoisotopic (exact) mass is 288 g/mol. The van der Waals surface area contributed by atoms with Gasteiger partial charge in [0.1, 0.15) is 5.56 Å². The van der Waals surface area contributed by atoms with Crippen LogP contribution in [0.25, 0.3) is 0 Å². The molecule has 0 aliphatic carbocycles. The van der Waals surface area contributed by atoms with E-state index in [0.29, 0.717) is 6.20 Å². The molecule has 65 valence electrons. The molecule has 1 rings (SSSR count). The molecule has 2 nitrogen and oxygen atoms in total. The molecule has 0 aromatic carbocycles. The fraction of sp³-hybridized carbons (Fsp3) is 0.167. The lowest BCUT2D eigenvalue weighted by Crippen LogP contribution is -2.28. The summed E-state index contributed by atoms with van der Waals surface area (Å²) in [6.07, 6.45) is -1.89. The summed E-state index contributed by atoms with van der Waals surface area (Å²) in [7, 11) is 0. The zero-order valence-electron chi connectivity index (χ0n) is 5.52. The van der Waals surface area contributed by atoms with Crippen LogP contribution >= 0.6 is 22.6 Å². The highest BCUT2D eigenvalue weighted by Gasteiger charge is 2.33. The van der Waals surface area contributed by atoms with Crippen molar-refractivity contribution in [2.24, 2.45) is 0 Å². The van der Waals surface area contributed by atoms with Crippen LogP contribution in [0.3, 0.4) is 0 Å². The number of hydrogen-bond donors (Lipinski definition) is 0. The van der Waals surface area contributed by atoms with Crippen LogP contribution in [-0.2, 0) is 6.18 Å². The van der Waals surface area contributed by atoms with Gasteiger partial charge in [-0.25, -0.2) is 0 Å². The second kappa shape index (κ2) is 3.08. The Hall–Kier alpha value is -0.530. The van der Waals surface area contributed by atoms with E-state index in [-0.39, 0.29) is 8.30 Å². The van der Waals surface area contributed by atoms with Gasteiger partial charge < -0.3 is 5.21 Å². The van der Waals surface area contributed by atoms with Gasteiger partial charge in [0.2, 0.25) is 0 Å². The first kappa shape index (κ1) is 9.56. The van der Waals surface area contributed by atoms with Crippen molar-refractivity contribution in [1.82, 2.24) is 0 Å². The molecule has 0 N–H and O–H groups in total. The molecule has 0 saturated carbocycles. The van der Waals surface area contributed by atoms with Crippen molar-refractivity contribution < 1.29 is 17.9 Å². The number of rotatable bonds is 0. The lowest BCUT2D eigenvalue weighted by Gasteiger charge is -2.04. The van der Waals surface area contributed by atoms with Crippen molar-refractivity contribution in [3.05, 3.63) is 32.8 Å². The summed E-state index contributed by atoms with van der Waals surface area (Å²) in [4.78, 5) is 0. The quantitative estimate of drug-likeness (QED) is 0.406. The van der Waals surface area contributed by atoms with Gasteiger partial charge in [0, 0.05) is 0 Å². The fourth-order valence-corrected chi connectivity index (χ4v) is 1.20. The number of hydrogen-bond acceptors (Lipinski definition) is 1. The number of pyridine rings is 1. The minimum absolute atomic E-state index is 0.0184. The molecule has 0 saturated heterocycles. The molecule has 1 heterocycles. The van der Waals surface area contributed by atoms with Crippen molar-refractivity contribution in [3.8, 4) is 0 Å². The summed E-state index contributed by atoms with van der Waals surface area (Å²) >= 11 is 1.59. The Kier molecular flexibility index (Phi) is 2.45. The minimum Gasteiger partial charge on any atom is -0.618 e. The van der Waals surface area contributed by atoms with Crippen LogP contribution in [0.15, 0.2) is 12.3 Å². The average Bonchev–Trinajstić information content (AvgIpc) is 1.82. The maximum Gasteiger partial charge on any atom is 0.422 e. The zero-order valence-corrected chi connectivity index (χ0v) is 7.68. The number of alkyl halides is 3. The van der Waals surface area contributed by atoms with Crippen molar-refractivity contribution in [1.29, 1.82) is 0 Å². The van der Waals surface area contributed by atoms with Gasteiger partial charge >= 0.3 is 12.4 Å². The summed E-state index contributed by atoms with van der Waals surface area (Å²) in [6, 6.07) is 0.856. The van der Waals surface area contributed by atoms with E-state index < -0.39 is 11.7 Å². The van der Waals surface area contributed by atoms with E-state index in [1.807, 2.05) is 0 Å². The molecule has 0 aliphatic heterocycles. The Morgan fingerprint density at radius 1 is 1.50 bits per heavy atom. The molecule has 0 atom stereocenters. The lowest BCUT2D eigenvalue weighted by atomic mass is 10.3. The maximum atomic E-state index is 12.0. The average molecular weight is 288 g/mol.